The summed E-state index contributed by atoms with van der Waals surface area (Å²) in [6.45, 7) is 12.1. The first-order chi connectivity index (χ1) is 8.90. The van der Waals surface area contributed by atoms with Gasteiger partial charge in [0.1, 0.15) is 12.2 Å². The molecule has 108 valence electrons. The second kappa shape index (κ2) is 5.18. The van der Waals surface area contributed by atoms with Crippen LogP contribution in [0.25, 0.3) is 0 Å². The quantitative estimate of drug-likeness (QED) is 0.712. The lowest BCUT2D eigenvalue weighted by molar-refractivity contribution is -0.179. The average Bonchev–Trinajstić information content (AvgIpc) is 2.60. The lowest BCUT2D eigenvalue weighted by atomic mass is 9.71. The highest BCUT2D eigenvalue weighted by molar-refractivity contribution is 5.76. The summed E-state index contributed by atoms with van der Waals surface area (Å²) in [5.74, 6) is 1.76. The molecule has 0 radical (unpaired) electrons. The van der Waals surface area contributed by atoms with E-state index in [1.165, 1.54) is 0 Å². The van der Waals surface area contributed by atoms with Crippen LogP contribution in [0.2, 0.25) is 0 Å². The number of esters is 1. The minimum atomic E-state index is -0.399. The number of hydrogen-bond donors (Lipinski definition) is 0. The van der Waals surface area contributed by atoms with E-state index in [1.54, 1.807) is 0 Å². The van der Waals surface area contributed by atoms with Crippen molar-refractivity contribution in [3.8, 4) is 0 Å². The van der Waals surface area contributed by atoms with Crippen molar-refractivity contribution in [1.82, 2.24) is 0 Å². The van der Waals surface area contributed by atoms with Crippen LogP contribution in [0.15, 0.2) is 12.3 Å². The first-order valence-electron chi connectivity index (χ1n) is 7.47. The first-order valence-corrected chi connectivity index (χ1v) is 7.47. The molecule has 4 unspecified atom stereocenters. The van der Waals surface area contributed by atoms with Gasteiger partial charge in [-0.15, -0.1) is 0 Å². The van der Waals surface area contributed by atoms with E-state index in [9.17, 15) is 4.79 Å². The lowest BCUT2D eigenvalue weighted by Crippen LogP contribution is -2.49. The number of carbonyl (C=O) groups is 1. The normalized spacial score (nSPS) is 33.4. The molecular weight excluding hydrogens is 240 g/mol. The zero-order valence-electron chi connectivity index (χ0n) is 12.6. The number of ether oxygens (including phenoxy) is 2. The monoisotopic (exact) mass is 266 g/mol. The van der Waals surface area contributed by atoms with Gasteiger partial charge in [-0.1, -0.05) is 26.8 Å². The molecule has 1 aliphatic heterocycles. The predicted octanol–water partition coefficient (Wildman–Crippen LogP) is 3.68. The smallest absolute Gasteiger partial charge is 0.311 e. The second-order valence-corrected chi connectivity index (χ2v) is 6.52. The Bertz CT molecular complexity index is 372. The zero-order valence-corrected chi connectivity index (χ0v) is 12.6. The van der Waals surface area contributed by atoms with Gasteiger partial charge in [-0.3, -0.25) is 4.79 Å². The van der Waals surface area contributed by atoms with E-state index in [1.807, 2.05) is 20.8 Å². The van der Waals surface area contributed by atoms with Gasteiger partial charge < -0.3 is 9.47 Å². The lowest BCUT2D eigenvalue weighted by Gasteiger charge is -2.40. The summed E-state index contributed by atoms with van der Waals surface area (Å²) in [6, 6.07) is 0. The summed E-state index contributed by atoms with van der Waals surface area (Å²) in [6.07, 6.45) is 3.98. The molecule has 1 saturated heterocycles. The van der Waals surface area contributed by atoms with Gasteiger partial charge >= 0.3 is 5.97 Å². The molecule has 2 fully saturated rings. The third kappa shape index (κ3) is 2.52. The minimum Gasteiger partial charge on any atom is -0.491 e. The molecule has 0 aromatic rings. The predicted molar refractivity (Wildman–Crippen MR) is 74.5 cm³/mol. The third-order valence-corrected chi connectivity index (χ3v) is 4.81. The highest BCUT2D eigenvalue weighted by Crippen LogP contribution is 2.50. The Kier molecular flexibility index (Phi) is 3.93. The molecule has 0 aromatic heterocycles. The van der Waals surface area contributed by atoms with Crippen LogP contribution in [0.1, 0.15) is 53.4 Å². The Hall–Kier alpha value is -0.990. The van der Waals surface area contributed by atoms with E-state index in [4.69, 9.17) is 9.47 Å². The molecule has 3 nitrogen and oxygen atoms in total. The van der Waals surface area contributed by atoms with Crippen molar-refractivity contribution in [3.05, 3.63) is 12.3 Å². The third-order valence-electron chi connectivity index (χ3n) is 4.81. The summed E-state index contributed by atoms with van der Waals surface area (Å²) >= 11 is 0. The van der Waals surface area contributed by atoms with Crippen molar-refractivity contribution in [2.75, 3.05) is 0 Å². The van der Waals surface area contributed by atoms with Crippen LogP contribution >= 0.6 is 0 Å². The number of hydrogen-bond acceptors (Lipinski definition) is 3. The topological polar surface area (TPSA) is 35.5 Å². The van der Waals surface area contributed by atoms with Crippen LogP contribution in [0.4, 0.5) is 0 Å². The Labute approximate surface area is 116 Å². The fourth-order valence-corrected chi connectivity index (χ4v) is 2.92. The van der Waals surface area contributed by atoms with Gasteiger partial charge in [-0.25, -0.2) is 0 Å². The SMILES string of the molecule is C=C1OC2C(OC(=O)C(C)(C)CC)CC2C1CCC. The summed E-state index contributed by atoms with van der Waals surface area (Å²) in [5, 5.41) is 0. The first kappa shape index (κ1) is 14.4. The van der Waals surface area contributed by atoms with Gasteiger partial charge in [0.25, 0.3) is 0 Å². The van der Waals surface area contributed by atoms with Gasteiger partial charge in [0, 0.05) is 11.8 Å². The fraction of sp³-hybridized carbons (Fsp3) is 0.812. The molecule has 0 amide bonds. The van der Waals surface area contributed by atoms with Crippen molar-refractivity contribution in [3.63, 3.8) is 0 Å². The van der Waals surface area contributed by atoms with Crippen LogP contribution in [-0.4, -0.2) is 18.2 Å². The van der Waals surface area contributed by atoms with Gasteiger partial charge in [0.2, 0.25) is 0 Å². The van der Waals surface area contributed by atoms with Crippen LogP contribution in [0.5, 0.6) is 0 Å². The van der Waals surface area contributed by atoms with Crippen molar-refractivity contribution in [2.24, 2.45) is 17.3 Å². The van der Waals surface area contributed by atoms with Crippen molar-refractivity contribution >= 4 is 5.97 Å². The Morgan fingerprint density at radius 2 is 2.16 bits per heavy atom. The second-order valence-electron chi connectivity index (χ2n) is 6.52. The molecular formula is C16H26O3. The van der Waals surface area contributed by atoms with E-state index in [2.05, 4.69) is 13.5 Å². The van der Waals surface area contributed by atoms with Crippen molar-refractivity contribution in [2.45, 2.75) is 65.6 Å². The van der Waals surface area contributed by atoms with Gasteiger partial charge in [0.05, 0.1) is 11.2 Å². The minimum absolute atomic E-state index is 0.0562. The van der Waals surface area contributed by atoms with Crippen LogP contribution in [-0.2, 0) is 14.3 Å². The molecule has 0 N–H and O–H groups in total. The maximum absolute atomic E-state index is 12.1. The maximum atomic E-state index is 12.1. The van der Waals surface area contributed by atoms with Gasteiger partial charge in [0.15, 0.2) is 0 Å². The summed E-state index contributed by atoms with van der Waals surface area (Å²) in [4.78, 5) is 12.1. The van der Waals surface area contributed by atoms with Crippen LogP contribution in [0, 0.1) is 17.3 Å². The maximum Gasteiger partial charge on any atom is 0.311 e. The van der Waals surface area contributed by atoms with E-state index in [0.29, 0.717) is 11.8 Å². The number of rotatable bonds is 5. The largest absolute Gasteiger partial charge is 0.491 e. The van der Waals surface area contributed by atoms with Crippen LogP contribution in [0.3, 0.4) is 0 Å². The van der Waals surface area contributed by atoms with E-state index >= 15 is 0 Å². The molecule has 19 heavy (non-hydrogen) atoms. The molecule has 1 aliphatic carbocycles. The molecule has 2 rings (SSSR count). The fourth-order valence-electron chi connectivity index (χ4n) is 2.92. The standard InChI is InChI=1S/C16H26O3/c1-6-8-11-10(3)18-14-12(11)9-13(14)19-15(17)16(4,5)7-2/h11-14H,3,6-9H2,1-2,4-5H3. The molecule has 3 heteroatoms. The number of allylic oxidation sites excluding steroid dienone is 1. The van der Waals surface area contributed by atoms with Gasteiger partial charge in [-0.05, 0) is 33.1 Å². The molecule has 0 bridgehead atoms. The van der Waals surface area contributed by atoms with E-state index < -0.39 is 5.41 Å². The Morgan fingerprint density at radius 1 is 1.47 bits per heavy atom. The number of carbonyl (C=O) groups excluding carboxylic acids is 1. The average molecular weight is 266 g/mol. The van der Waals surface area contributed by atoms with Crippen molar-refractivity contribution in [1.29, 1.82) is 0 Å². The molecule has 0 aromatic carbocycles. The summed E-state index contributed by atoms with van der Waals surface area (Å²) < 4.78 is 11.4. The van der Waals surface area contributed by atoms with Gasteiger partial charge in [-0.2, -0.15) is 0 Å². The molecule has 1 heterocycles. The molecule has 2 aliphatic rings. The summed E-state index contributed by atoms with van der Waals surface area (Å²) in [5.41, 5.74) is -0.399. The molecule has 0 spiro atoms. The highest BCUT2D eigenvalue weighted by Gasteiger charge is 2.55. The van der Waals surface area contributed by atoms with Crippen LogP contribution < -0.4 is 0 Å². The highest BCUT2D eigenvalue weighted by atomic mass is 16.6. The Morgan fingerprint density at radius 3 is 2.74 bits per heavy atom. The molecule has 4 atom stereocenters. The van der Waals surface area contributed by atoms with E-state index in [-0.39, 0.29) is 18.2 Å². The molecule has 1 saturated carbocycles. The Balaban J connectivity index is 1.91. The summed E-state index contributed by atoms with van der Waals surface area (Å²) in [7, 11) is 0. The number of fused-ring (bicyclic) bond motifs is 1. The zero-order chi connectivity index (χ0) is 14.2. The van der Waals surface area contributed by atoms with E-state index in [0.717, 1.165) is 31.4 Å². The van der Waals surface area contributed by atoms with Crippen molar-refractivity contribution < 1.29 is 14.3 Å².